The van der Waals surface area contributed by atoms with Gasteiger partial charge in [0, 0.05) is 16.7 Å². The highest BCUT2D eigenvalue weighted by Gasteiger charge is 2.05. The van der Waals surface area contributed by atoms with Crippen LogP contribution in [0.4, 0.5) is 0 Å². The number of nitrogens with two attached hydrogens (primary N) is 1. The van der Waals surface area contributed by atoms with E-state index in [9.17, 15) is 4.21 Å². The zero-order chi connectivity index (χ0) is 12.0. The zero-order valence-corrected chi connectivity index (χ0v) is 10.9. The van der Waals surface area contributed by atoms with Gasteiger partial charge in [-0.2, -0.15) is 0 Å². The first-order chi connectivity index (χ1) is 7.63. The van der Waals surface area contributed by atoms with Gasteiger partial charge in [-0.05, 0) is 38.3 Å². The zero-order valence-electron chi connectivity index (χ0n) is 10.1. The Hall–Kier alpha value is -0.670. The Morgan fingerprint density at radius 2 is 1.94 bits per heavy atom. The van der Waals surface area contributed by atoms with E-state index in [0.717, 1.165) is 29.9 Å². The third-order valence-corrected chi connectivity index (χ3v) is 4.17. The topological polar surface area (TPSA) is 43.1 Å². The second kappa shape index (κ2) is 6.81. The average molecular weight is 239 g/mol. The molecule has 0 amide bonds. The van der Waals surface area contributed by atoms with E-state index in [4.69, 9.17) is 5.73 Å². The monoisotopic (exact) mass is 239 g/mol. The van der Waals surface area contributed by atoms with E-state index in [1.54, 1.807) is 0 Å². The molecule has 0 aliphatic carbocycles. The molecule has 2 unspecified atom stereocenters. The molecule has 0 aromatic heterocycles. The van der Waals surface area contributed by atoms with Crippen LogP contribution in [0.3, 0.4) is 0 Å². The lowest BCUT2D eigenvalue weighted by Crippen LogP contribution is -2.19. The van der Waals surface area contributed by atoms with Crippen molar-refractivity contribution >= 4 is 10.8 Å². The summed E-state index contributed by atoms with van der Waals surface area (Å²) in [7, 11) is -0.866. The molecular weight excluding hydrogens is 218 g/mol. The summed E-state index contributed by atoms with van der Waals surface area (Å²) in [6.07, 6.45) is 2.90. The summed E-state index contributed by atoms with van der Waals surface area (Å²) in [5, 5.41) is 0. The van der Waals surface area contributed by atoms with Gasteiger partial charge >= 0.3 is 0 Å². The third-order valence-electron chi connectivity index (χ3n) is 2.71. The Balaban J connectivity index is 2.38. The number of hydrogen-bond donors (Lipinski definition) is 1. The van der Waals surface area contributed by atoms with Crippen LogP contribution in [0.15, 0.2) is 29.2 Å². The Bertz CT molecular complexity index is 334. The van der Waals surface area contributed by atoms with Gasteiger partial charge in [-0.3, -0.25) is 4.21 Å². The Kier molecular flexibility index (Phi) is 5.71. The molecule has 0 spiro atoms. The highest BCUT2D eigenvalue weighted by Crippen LogP contribution is 2.10. The van der Waals surface area contributed by atoms with Crippen LogP contribution >= 0.6 is 0 Å². The van der Waals surface area contributed by atoms with Crippen molar-refractivity contribution in [2.24, 2.45) is 5.73 Å². The van der Waals surface area contributed by atoms with E-state index in [2.05, 4.69) is 6.92 Å². The largest absolute Gasteiger partial charge is 0.328 e. The Morgan fingerprint density at radius 3 is 2.50 bits per heavy atom. The molecule has 3 heteroatoms. The fourth-order valence-electron chi connectivity index (χ4n) is 1.49. The molecule has 2 atom stereocenters. The predicted octanol–water partition coefficient (Wildman–Crippen LogP) is 2.62. The van der Waals surface area contributed by atoms with E-state index >= 15 is 0 Å². The van der Waals surface area contributed by atoms with Crippen molar-refractivity contribution in [2.75, 3.05) is 5.75 Å². The SMILES string of the molecule is CCC(N)CCCS(=O)c1ccc(C)cc1. The van der Waals surface area contributed by atoms with Gasteiger partial charge < -0.3 is 5.73 Å². The maximum atomic E-state index is 11.9. The molecule has 1 aromatic rings. The number of hydrogen-bond acceptors (Lipinski definition) is 2. The smallest absolute Gasteiger partial charge is 0.0529 e. The quantitative estimate of drug-likeness (QED) is 0.829. The van der Waals surface area contributed by atoms with Crippen LogP contribution in [-0.4, -0.2) is 16.0 Å². The molecule has 0 aliphatic rings. The van der Waals surface area contributed by atoms with Crippen molar-refractivity contribution in [3.63, 3.8) is 0 Å². The first kappa shape index (κ1) is 13.4. The number of rotatable bonds is 6. The van der Waals surface area contributed by atoms with Crippen LogP contribution in [0, 0.1) is 6.92 Å². The molecule has 2 N–H and O–H groups in total. The van der Waals surface area contributed by atoms with Gasteiger partial charge in [0.15, 0.2) is 0 Å². The van der Waals surface area contributed by atoms with Gasteiger partial charge in [-0.25, -0.2) is 0 Å². The molecule has 90 valence electrons. The van der Waals surface area contributed by atoms with E-state index in [-0.39, 0.29) is 6.04 Å². The second-order valence-electron chi connectivity index (χ2n) is 4.17. The minimum absolute atomic E-state index is 0.259. The normalized spacial score (nSPS) is 14.7. The van der Waals surface area contributed by atoms with E-state index in [1.807, 2.05) is 31.2 Å². The summed E-state index contributed by atoms with van der Waals surface area (Å²) in [6, 6.07) is 8.17. The van der Waals surface area contributed by atoms with Gasteiger partial charge in [-0.1, -0.05) is 24.6 Å². The lowest BCUT2D eigenvalue weighted by atomic mass is 10.1. The van der Waals surface area contributed by atoms with Crippen LogP contribution in [-0.2, 0) is 10.8 Å². The predicted molar refractivity (Wildman–Crippen MR) is 70.0 cm³/mol. The molecule has 16 heavy (non-hydrogen) atoms. The summed E-state index contributed by atoms with van der Waals surface area (Å²) >= 11 is 0. The maximum absolute atomic E-state index is 11.9. The molecule has 0 saturated heterocycles. The van der Waals surface area contributed by atoms with Crippen LogP contribution in [0.1, 0.15) is 31.7 Å². The van der Waals surface area contributed by atoms with Crippen LogP contribution < -0.4 is 5.73 Å². The Labute approximate surface area is 101 Å². The number of benzene rings is 1. The lowest BCUT2D eigenvalue weighted by Gasteiger charge is -2.07. The van der Waals surface area contributed by atoms with Crippen LogP contribution in [0.25, 0.3) is 0 Å². The number of aryl methyl sites for hydroxylation is 1. The summed E-state index contributed by atoms with van der Waals surface area (Å²) < 4.78 is 11.9. The van der Waals surface area contributed by atoms with Gasteiger partial charge in [-0.15, -0.1) is 0 Å². The van der Waals surface area contributed by atoms with Gasteiger partial charge in [0.25, 0.3) is 0 Å². The lowest BCUT2D eigenvalue weighted by molar-refractivity contribution is 0.586. The van der Waals surface area contributed by atoms with E-state index in [0.29, 0.717) is 0 Å². The second-order valence-corrected chi connectivity index (χ2v) is 5.74. The molecule has 1 rings (SSSR count). The van der Waals surface area contributed by atoms with E-state index < -0.39 is 10.8 Å². The van der Waals surface area contributed by atoms with Crippen LogP contribution in [0.2, 0.25) is 0 Å². The van der Waals surface area contributed by atoms with Crippen LogP contribution in [0.5, 0.6) is 0 Å². The summed E-state index contributed by atoms with van der Waals surface area (Å²) in [6.45, 7) is 4.12. The van der Waals surface area contributed by atoms with Crippen molar-refractivity contribution in [1.82, 2.24) is 0 Å². The first-order valence-electron chi connectivity index (χ1n) is 5.84. The standard InChI is InChI=1S/C13H21NOS/c1-3-12(14)5-4-10-16(15)13-8-6-11(2)7-9-13/h6-9,12H,3-5,10,14H2,1-2H3. The Morgan fingerprint density at radius 1 is 1.31 bits per heavy atom. The summed E-state index contributed by atoms with van der Waals surface area (Å²) in [4.78, 5) is 0.927. The molecule has 0 radical (unpaired) electrons. The summed E-state index contributed by atoms with van der Waals surface area (Å²) in [5.41, 5.74) is 7.02. The van der Waals surface area contributed by atoms with Gasteiger partial charge in [0.1, 0.15) is 0 Å². The highest BCUT2D eigenvalue weighted by molar-refractivity contribution is 7.85. The fraction of sp³-hybridized carbons (Fsp3) is 0.538. The molecule has 2 nitrogen and oxygen atoms in total. The molecular formula is C13H21NOS. The third kappa shape index (κ3) is 4.45. The van der Waals surface area contributed by atoms with Crippen molar-refractivity contribution in [1.29, 1.82) is 0 Å². The molecule has 1 aromatic carbocycles. The maximum Gasteiger partial charge on any atom is 0.0529 e. The minimum atomic E-state index is -0.866. The molecule has 0 heterocycles. The average Bonchev–Trinajstić information content (AvgIpc) is 2.29. The van der Waals surface area contributed by atoms with Gasteiger partial charge in [0.2, 0.25) is 0 Å². The van der Waals surface area contributed by atoms with Crippen molar-refractivity contribution < 1.29 is 4.21 Å². The molecule has 0 aliphatic heterocycles. The summed E-state index contributed by atoms with van der Waals surface area (Å²) in [5.74, 6) is 0.719. The molecule has 0 bridgehead atoms. The first-order valence-corrected chi connectivity index (χ1v) is 7.16. The van der Waals surface area contributed by atoms with Gasteiger partial charge in [0.05, 0.1) is 10.8 Å². The molecule has 0 fully saturated rings. The van der Waals surface area contributed by atoms with Crippen molar-refractivity contribution in [2.45, 2.75) is 44.0 Å². The van der Waals surface area contributed by atoms with E-state index in [1.165, 1.54) is 5.56 Å². The van der Waals surface area contributed by atoms with Crippen molar-refractivity contribution in [3.8, 4) is 0 Å². The molecule has 0 saturated carbocycles. The van der Waals surface area contributed by atoms with Crippen molar-refractivity contribution in [3.05, 3.63) is 29.8 Å². The highest BCUT2D eigenvalue weighted by atomic mass is 32.2. The minimum Gasteiger partial charge on any atom is -0.328 e. The fourth-order valence-corrected chi connectivity index (χ4v) is 2.59.